The Balaban J connectivity index is 0.00000112. The molecular formula is C29H39Cl2N5O3. The van der Waals surface area contributed by atoms with Crippen LogP contribution in [-0.2, 0) is 15.2 Å². The van der Waals surface area contributed by atoms with Crippen LogP contribution in [0.5, 0.6) is 0 Å². The number of aromatic nitrogens is 2. The minimum Gasteiger partial charge on any atom is -0.384 e. The predicted molar refractivity (Wildman–Crippen MR) is 153 cm³/mol. The largest absolute Gasteiger partial charge is 0.384 e. The van der Waals surface area contributed by atoms with E-state index >= 15 is 0 Å². The number of likely N-dealkylation sites (tertiary alicyclic amines) is 1. The topological polar surface area (TPSA) is 98.7 Å². The molecule has 2 atom stereocenters. The van der Waals surface area contributed by atoms with Gasteiger partial charge >= 0.3 is 6.15 Å². The zero-order valence-electron chi connectivity index (χ0n) is 23.2. The smallest absolute Gasteiger partial charge is 0.373 e. The van der Waals surface area contributed by atoms with Crippen LogP contribution in [0.15, 0.2) is 24.3 Å². The van der Waals surface area contributed by atoms with Crippen molar-refractivity contribution in [3.05, 3.63) is 45.6 Å². The molecule has 1 aliphatic carbocycles. The maximum Gasteiger partial charge on any atom is 0.373 e. The van der Waals surface area contributed by atoms with E-state index < -0.39 is 5.60 Å². The molecule has 212 valence electrons. The Labute approximate surface area is 241 Å². The fourth-order valence-electron chi connectivity index (χ4n) is 6.00. The Hall–Kier alpha value is -2.22. The average molecular weight is 577 g/mol. The van der Waals surface area contributed by atoms with Gasteiger partial charge in [-0.1, -0.05) is 36.2 Å². The number of nitrogens with one attached hydrogen (secondary N) is 1. The first-order valence-corrected chi connectivity index (χ1v) is 14.6. The molecule has 3 fully saturated rings. The van der Waals surface area contributed by atoms with Crippen LogP contribution in [-0.4, -0.2) is 58.3 Å². The van der Waals surface area contributed by atoms with Crippen LogP contribution in [0.25, 0.3) is 0 Å². The summed E-state index contributed by atoms with van der Waals surface area (Å²) in [6, 6.07) is 8.09. The van der Waals surface area contributed by atoms with E-state index in [2.05, 4.69) is 22.0 Å². The maximum absolute atomic E-state index is 10.7. The van der Waals surface area contributed by atoms with Gasteiger partial charge in [0.2, 0.25) is 5.95 Å². The van der Waals surface area contributed by atoms with Gasteiger partial charge in [-0.3, -0.25) is 0 Å². The van der Waals surface area contributed by atoms with Gasteiger partial charge in [-0.25, -0.2) is 4.98 Å². The molecule has 3 heterocycles. The minimum atomic E-state index is -1.07. The lowest BCUT2D eigenvalue weighted by Gasteiger charge is -2.50. The Bertz CT molecular complexity index is 1170. The SMILES string of the molecule is CC1CC(N2CCC[C@H](C3CN(c4nc(N[C@H](C)c5ccc(Cl)cc5Cl)cc(C(C)(C)O)n4)C3)C2)C1.O=C=O. The summed E-state index contributed by atoms with van der Waals surface area (Å²) in [5.74, 6) is 3.71. The summed E-state index contributed by atoms with van der Waals surface area (Å²) in [7, 11) is 0. The van der Waals surface area contributed by atoms with E-state index in [1.54, 1.807) is 19.9 Å². The molecule has 0 bridgehead atoms. The number of hydrogen-bond acceptors (Lipinski definition) is 8. The number of aliphatic hydroxyl groups is 1. The summed E-state index contributed by atoms with van der Waals surface area (Å²) in [6.07, 6.45) is 5.64. The number of anilines is 2. The molecule has 0 unspecified atom stereocenters. The van der Waals surface area contributed by atoms with Crippen molar-refractivity contribution >= 4 is 41.1 Å². The van der Waals surface area contributed by atoms with E-state index in [1.165, 1.54) is 38.8 Å². The molecule has 8 nitrogen and oxygen atoms in total. The Morgan fingerprint density at radius 3 is 2.41 bits per heavy atom. The summed E-state index contributed by atoms with van der Waals surface area (Å²) < 4.78 is 0. The first-order chi connectivity index (χ1) is 18.5. The van der Waals surface area contributed by atoms with E-state index in [0.717, 1.165) is 36.5 Å². The maximum atomic E-state index is 10.7. The number of hydrogen-bond donors (Lipinski definition) is 2. The highest BCUT2D eigenvalue weighted by atomic mass is 35.5. The van der Waals surface area contributed by atoms with Gasteiger partial charge in [0.25, 0.3) is 0 Å². The summed E-state index contributed by atoms with van der Waals surface area (Å²) in [4.78, 5) is 30.9. The molecule has 10 heteroatoms. The van der Waals surface area contributed by atoms with Crippen molar-refractivity contribution < 1.29 is 14.7 Å². The number of nitrogens with zero attached hydrogens (tertiary/aromatic N) is 4. The molecule has 39 heavy (non-hydrogen) atoms. The highest BCUT2D eigenvalue weighted by molar-refractivity contribution is 6.35. The Morgan fingerprint density at radius 2 is 1.79 bits per heavy atom. The zero-order chi connectivity index (χ0) is 28.3. The highest BCUT2D eigenvalue weighted by Crippen LogP contribution is 2.38. The van der Waals surface area contributed by atoms with Crippen LogP contribution in [0, 0.1) is 17.8 Å². The van der Waals surface area contributed by atoms with Crippen molar-refractivity contribution in [2.24, 2.45) is 17.8 Å². The van der Waals surface area contributed by atoms with E-state index in [0.29, 0.717) is 33.4 Å². The lowest BCUT2D eigenvalue weighted by atomic mass is 9.76. The fourth-order valence-corrected chi connectivity index (χ4v) is 6.58. The lowest BCUT2D eigenvalue weighted by molar-refractivity contribution is -0.191. The molecule has 5 rings (SSSR count). The van der Waals surface area contributed by atoms with Crippen LogP contribution in [0.1, 0.15) is 70.7 Å². The zero-order valence-corrected chi connectivity index (χ0v) is 24.7. The Morgan fingerprint density at radius 1 is 1.10 bits per heavy atom. The van der Waals surface area contributed by atoms with E-state index in [9.17, 15) is 5.11 Å². The number of halogens is 2. The normalized spacial score (nSPS) is 24.5. The third kappa shape index (κ3) is 7.30. The summed E-state index contributed by atoms with van der Waals surface area (Å²) in [6.45, 7) is 12.4. The first-order valence-electron chi connectivity index (χ1n) is 13.8. The van der Waals surface area contributed by atoms with Crippen molar-refractivity contribution in [1.82, 2.24) is 14.9 Å². The molecule has 1 saturated carbocycles. The van der Waals surface area contributed by atoms with Crippen molar-refractivity contribution in [1.29, 1.82) is 0 Å². The molecule has 3 aliphatic rings. The quantitative estimate of drug-likeness (QED) is 0.443. The second-order valence-electron chi connectivity index (χ2n) is 11.9. The third-order valence-electron chi connectivity index (χ3n) is 8.35. The van der Waals surface area contributed by atoms with E-state index in [1.807, 2.05) is 25.1 Å². The third-order valence-corrected chi connectivity index (χ3v) is 8.91. The number of piperidine rings is 1. The fraction of sp³-hybridized carbons (Fsp3) is 0.621. The highest BCUT2D eigenvalue weighted by Gasteiger charge is 2.40. The van der Waals surface area contributed by atoms with Crippen LogP contribution < -0.4 is 10.2 Å². The van der Waals surface area contributed by atoms with Crippen molar-refractivity contribution in [2.75, 3.05) is 36.4 Å². The van der Waals surface area contributed by atoms with Gasteiger partial charge in [0.05, 0.1) is 11.7 Å². The first kappa shape index (κ1) is 29.8. The lowest BCUT2D eigenvalue weighted by Crippen LogP contribution is -2.56. The van der Waals surface area contributed by atoms with Crippen LogP contribution in [0.4, 0.5) is 11.8 Å². The summed E-state index contributed by atoms with van der Waals surface area (Å²) >= 11 is 12.5. The van der Waals surface area contributed by atoms with Crippen LogP contribution in [0.3, 0.4) is 0 Å². The van der Waals surface area contributed by atoms with E-state index in [-0.39, 0.29) is 12.2 Å². The van der Waals surface area contributed by atoms with Crippen molar-refractivity contribution in [3.8, 4) is 0 Å². The summed E-state index contributed by atoms with van der Waals surface area (Å²) in [5, 5.41) is 15.4. The molecule has 1 aromatic heterocycles. The second kappa shape index (κ2) is 12.5. The molecule has 0 radical (unpaired) electrons. The molecule has 0 amide bonds. The second-order valence-corrected chi connectivity index (χ2v) is 12.7. The molecule has 2 saturated heterocycles. The standard InChI is InChI=1S/C28H39Cl2N5O.CO2/c1-17-10-22(11-17)34-9-5-6-19(14-34)20-15-35(16-20)27-32-25(28(3,4)36)13-26(33-27)31-18(2)23-8-7-21(29)12-24(23)30;2-1-3/h7-8,12-13,17-20,22,36H,5-6,9-11,14-16H2,1-4H3,(H,31,32,33);/t17?,18-,19+,22?;/m1./s1. The van der Waals surface area contributed by atoms with Gasteiger partial charge in [0, 0.05) is 41.8 Å². The monoisotopic (exact) mass is 575 g/mol. The molecule has 2 aromatic rings. The van der Waals surface area contributed by atoms with Gasteiger partial charge in [-0.05, 0) is 88.4 Å². The van der Waals surface area contributed by atoms with Gasteiger partial charge in [0.1, 0.15) is 11.4 Å². The molecule has 2 N–H and O–H groups in total. The van der Waals surface area contributed by atoms with Crippen LogP contribution in [0.2, 0.25) is 10.0 Å². The average Bonchev–Trinajstić information content (AvgIpc) is 2.81. The molecule has 2 aliphatic heterocycles. The summed E-state index contributed by atoms with van der Waals surface area (Å²) in [5.41, 5.74) is 0.483. The van der Waals surface area contributed by atoms with Gasteiger partial charge in [-0.15, -0.1) is 0 Å². The molecule has 1 aromatic carbocycles. The van der Waals surface area contributed by atoms with Gasteiger partial charge in [-0.2, -0.15) is 14.6 Å². The van der Waals surface area contributed by atoms with Crippen molar-refractivity contribution in [3.63, 3.8) is 0 Å². The van der Waals surface area contributed by atoms with E-state index in [4.69, 9.17) is 42.8 Å². The number of benzene rings is 1. The van der Waals surface area contributed by atoms with Crippen molar-refractivity contribution in [2.45, 2.75) is 71.1 Å². The number of carbonyl (C=O) groups excluding carboxylic acids is 2. The molecule has 0 spiro atoms. The number of rotatable bonds is 7. The van der Waals surface area contributed by atoms with Crippen LogP contribution >= 0.6 is 23.2 Å². The Kier molecular flexibility index (Phi) is 9.56. The molecular weight excluding hydrogens is 537 g/mol. The van der Waals surface area contributed by atoms with Gasteiger partial charge < -0.3 is 20.2 Å². The minimum absolute atomic E-state index is 0.0845. The van der Waals surface area contributed by atoms with Gasteiger partial charge in [0.15, 0.2) is 0 Å². The predicted octanol–water partition coefficient (Wildman–Crippen LogP) is 5.55.